The first kappa shape index (κ1) is 17.1. The first-order valence-corrected chi connectivity index (χ1v) is 8.77. The molecule has 0 saturated heterocycles. The summed E-state index contributed by atoms with van der Waals surface area (Å²) in [6, 6.07) is 7.97. The van der Waals surface area contributed by atoms with Crippen molar-refractivity contribution in [2.24, 2.45) is 0 Å². The molecular formula is C15H26N2O2S. The second-order valence-corrected chi connectivity index (χ2v) is 7.31. The molecule has 0 aliphatic carbocycles. The number of hydrogen-bond donors (Lipinski definition) is 1. The Kier molecular flexibility index (Phi) is 7.19. The number of hydrogen-bond acceptors (Lipinski definition) is 3. The van der Waals surface area contributed by atoms with Gasteiger partial charge in [-0.1, -0.05) is 36.8 Å². The highest BCUT2D eigenvalue weighted by Crippen LogP contribution is 2.10. The first-order valence-electron chi connectivity index (χ1n) is 7.16. The van der Waals surface area contributed by atoms with Gasteiger partial charge < -0.3 is 5.32 Å². The van der Waals surface area contributed by atoms with Crippen LogP contribution in [-0.2, 0) is 16.6 Å². The molecule has 0 unspecified atom stereocenters. The van der Waals surface area contributed by atoms with Crippen molar-refractivity contribution in [1.82, 2.24) is 9.62 Å². The van der Waals surface area contributed by atoms with Crippen molar-refractivity contribution < 1.29 is 8.42 Å². The van der Waals surface area contributed by atoms with Gasteiger partial charge in [-0.2, -0.15) is 0 Å². The van der Waals surface area contributed by atoms with Gasteiger partial charge in [-0.05, 0) is 38.4 Å². The van der Waals surface area contributed by atoms with Gasteiger partial charge in [0.05, 0.1) is 5.75 Å². The van der Waals surface area contributed by atoms with Crippen LogP contribution in [0.15, 0.2) is 24.3 Å². The van der Waals surface area contributed by atoms with Gasteiger partial charge in [0.2, 0.25) is 10.0 Å². The molecule has 0 amide bonds. The Morgan fingerprint density at radius 2 is 1.80 bits per heavy atom. The van der Waals surface area contributed by atoms with Gasteiger partial charge >= 0.3 is 0 Å². The molecule has 5 heteroatoms. The van der Waals surface area contributed by atoms with Gasteiger partial charge in [0, 0.05) is 13.6 Å². The molecule has 1 N–H and O–H groups in total. The van der Waals surface area contributed by atoms with Gasteiger partial charge in [-0.15, -0.1) is 0 Å². The zero-order chi connectivity index (χ0) is 15.0. The summed E-state index contributed by atoms with van der Waals surface area (Å²) in [5.74, 6) is 0.223. The quantitative estimate of drug-likeness (QED) is 0.711. The van der Waals surface area contributed by atoms with Crippen LogP contribution in [0.5, 0.6) is 0 Å². The van der Waals surface area contributed by atoms with Crippen LogP contribution in [0.3, 0.4) is 0 Å². The molecular weight excluding hydrogens is 272 g/mol. The van der Waals surface area contributed by atoms with Crippen LogP contribution < -0.4 is 5.32 Å². The van der Waals surface area contributed by atoms with E-state index in [1.165, 1.54) is 9.87 Å². The second kappa shape index (κ2) is 8.39. The topological polar surface area (TPSA) is 49.4 Å². The molecule has 4 nitrogen and oxygen atoms in total. The fourth-order valence-corrected chi connectivity index (χ4v) is 3.14. The van der Waals surface area contributed by atoms with Crippen molar-refractivity contribution in [1.29, 1.82) is 0 Å². The minimum atomic E-state index is -3.15. The van der Waals surface area contributed by atoms with Gasteiger partial charge in [-0.3, -0.25) is 0 Å². The van der Waals surface area contributed by atoms with Crippen LogP contribution in [0.4, 0.5) is 0 Å². The summed E-state index contributed by atoms with van der Waals surface area (Å²) in [5, 5.41) is 3.20. The minimum Gasteiger partial charge on any atom is -0.317 e. The Labute approximate surface area is 123 Å². The Balaban J connectivity index is 2.44. The number of rotatable bonds is 9. The second-order valence-electron chi connectivity index (χ2n) is 5.12. The average Bonchev–Trinajstić information content (AvgIpc) is 2.41. The average molecular weight is 298 g/mol. The number of unbranched alkanes of at least 4 members (excludes halogenated alkanes) is 1. The SMILES string of the molecule is CCNCCCCS(=O)(=O)N(C)Cc1ccc(C)cc1. The third-order valence-electron chi connectivity index (χ3n) is 3.26. The molecule has 0 aliphatic rings. The first-order chi connectivity index (χ1) is 9.45. The van der Waals surface area contributed by atoms with E-state index >= 15 is 0 Å². The molecule has 20 heavy (non-hydrogen) atoms. The Morgan fingerprint density at radius 3 is 2.40 bits per heavy atom. The number of benzene rings is 1. The molecule has 0 aliphatic heterocycles. The highest BCUT2D eigenvalue weighted by molar-refractivity contribution is 7.89. The molecule has 1 aromatic carbocycles. The summed E-state index contributed by atoms with van der Waals surface area (Å²) in [6.07, 6.45) is 1.60. The number of aryl methyl sites for hydroxylation is 1. The summed E-state index contributed by atoms with van der Waals surface area (Å²) in [6.45, 7) is 6.32. The lowest BCUT2D eigenvalue weighted by molar-refractivity contribution is 0.464. The fraction of sp³-hybridized carbons (Fsp3) is 0.600. The van der Waals surface area contributed by atoms with Crippen LogP contribution in [-0.4, -0.2) is 38.6 Å². The maximum atomic E-state index is 12.1. The lowest BCUT2D eigenvalue weighted by Crippen LogP contribution is -2.29. The highest BCUT2D eigenvalue weighted by Gasteiger charge is 2.17. The molecule has 0 heterocycles. The molecule has 1 aromatic rings. The molecule has 0 saturated carbocycles. The smallest absolute Gasteiger partial charge is 0.214 e. The Hall–Kier alpha value is -0.910. The fourth-order valence-electron chi connectivity index (χ4n) is 1.92. The number of nitrogens with one attached hydrogen (secondary N) is 1. The van der Waals surface area contributed by atoms with E-state index in [-0.39, 0.29) is 5.75 Å². The van der Waals surface area contributed by atoms with Gasteiger partial charge in [0.1, 0.15) is 0 Å². The zero-order valence-corrected chi connectivity index (χ0v) is 13.5. The maximum Gasteiger partial charge on any atom is 0.214 e. The van der Waals surface area contributed by atoms with Crippen molar-refractivity contribution in [3.63, 3.8) is 0 Å². The largest absolute Gasteiger partial charge is 0.317 e. The van der Waals surface area contributed by atoms with E-state index in [4.69, 9.17) is 0 Å². The van der Waals surface area contributed by atoms with E-state index < -0.39 is 10.0 Å². The Bertz CT molecular complexity index is 483. The third kappa shape index (κ3) is 6.03. The summed E-state index contributed by atoms with van der Waals surface area (Å²) < 4.78 is 25.7. The predicted octanol–water partition coefficient (Wildman–Crippen LogP) is 2.15. The number of nitrogens with zero attached hydrogens (tertiary/aromatic N) is 1. The summed E-state index contributed by atoms with van der Waals surface area (Å²) in [4.78, 5) is 0. The molecule has 0 radical (unpaired) electrons. The molecule has 0 atom stereocenters. The monoisotopic (exact) mass is 298 g/mol. The predicted molar refractivity (Wildman–Crippen MR) is 84.2 cm³/mol. The van der Waals surface area contributed by atoms with E-state index in [2.05, 4.69) is 5.32 Å². The van der Waals surface area contributed by atoms with E-state index in [1.807, 2.05) is 38.1 Å². The van der Waals surface area contributed by atoms with Crippen molar-refractivity contribution in [2.75, 3.05) is 25.9 Å². The van der Waals surface area contributed by atoms with E-state index in [9.17, 15) is 8.42 Å². The maximum absolute atomic E-state index is 12.1. The van der Waals surface area contributed by atoms with Gasteiger partial charge in [-0.25, -0.2) is 12.7 Å². The molecule has 0 spiro atoms. The van der Waals surface area contributed by atoms with Crippen molar-refractivity contribution in [3.8, 4) is 0 Å². The van der Waals surface area contributed by atoms with Crippen LogP contribution in [0, 0.1) is 6.92 Å². The number of sulfonamides is 1. The van der Waals surface area contributed by atoms with Crippen LogP contribution in [0.2, 0.25) is 0 Å². The molecule has 0 fully saturated rings. The minimum absolute atomic E-state index is 0.223. The van der Waals surface area contributed by atoms with E-state index in [1.54, 1.807) is 7.05 Å². The normalized spacial score (nSPS) is 12.0. The Morgan fingerprint density at radius 1 is 1.15 bits per heavy atom. The van der Waals surface area contributed by atoms with Crippen molar-refractivity contribution >= 4 is 10.0 Å². The lowest BCUT2D eigenvalue weighted by atomic mass is 10.1. The molecule has 114 valence electrons. The highest BCUT2D eigenvalue weighted by atomic mass is 32.2. The zero-order valence-electron chi connectivity index (χ0n) is 12.7. The van der Waals surface area contributed by atoms with Crippen molar-refractivity contribution in [2.45, 2.75) is 33.2 Å². The van der Waals surface area contributed by atoms with Gasteiger partial charge in [0.25, 0.3) is 0 Å². The summed E-state index contributed by atoms with van der Waals surface area (Å²) in [5.41, 5.74) is 2.21. The molecule has 1 rings (SSSR count). The summed E-state index contributed by atoms with van der Waals surface area (Å²) >= 11 is 0. The molecule has 0 bridgehead atoms. The van der Waals surface area contributed by atoms with Crippen LogP contribution >= 0.6 is 0 Å². The van der Waals surface area contributed by atoms with E-state index in [0.29, 0.717) is 13.0 Å². The van der Waals surface area contributed by atoms with Crippen molar-refractivity contribution in [3.05, 3.63) is 35.4 Å². The third-order valence-corrected chi connectivity index (χ3v) is 5.14. The van der Waals surface area contributed by atoms with E-state index in [0.717, 1.165) is 25.1 Å². The van der Waals surface area contributed by atoms with Gasteiger partial charge in [0.15, 0.2) is 0 Å². The molecule has 0 aromatic heterocycles. The lowest BCUT2D eigenvalue weighted by Gasteiger charge is -2.17. The standard InChI is InChI=1S/C15H26N2O2S/c1-4-16-11-5-6-12-20(18,19)17(3)13-15-9-7-14(2)8-10-15/h7-10,16H,4-6,11-13H2,1-3H3. The van der Waals surface area contributed by atoms with Crippen LogP contribution in [0.1, 0.15) is 30.9 Å². The van der Waals surface area contributed by atoms with Crippen LogP contribution in [0.25, 0.3) is 0 Å². The summed E-state index contributed by atoms with van der Waals surface area (Å²) in [7, 11) is -1.50.